The van der Waals surface area contributed by atoms with Gasteiger partial charge in [-0.15, -0.1) is 0 Å². The second kappa shape index (κ2) is 4.53. The van der Waals surface area contributed by atoms with Crippen LogP contribution >= 0.6 is 0 Å². The molecule has 0 unspecified atom stereocenters. The molecule has 1 aliphatic heterocycles. The fourth-order valence-corrected chi connectivity index (χ4v) is 2.29. The zero-order valence-corrected chi connectivity index (χ0v) is 10.8. The van der Waals surface area contributed by atoms with Gasteiger partial charge in [-0.3, -0.25) is 14.5 Å². The van der Waals surface area contributed by atoms with Crippen LogP contribution in [0.1, 0.15) is 32.3 Å². The summed E-state index contributed by atoms with van der Waals surface area (Å²) in [6, 6.07) is 7.27. The van der Waals surface area contributed by atoms with Crippen LogP contribution in [-0.4, -0.2) is 11.8 Å². The Labute approximate surface area is 107 Å². The molecule has 1 aliphatic rings. The number of nitrogens with two attached hydrogens (primary N) is 1. The minimum absolute atomic E-state index is 0.134. The van der Waals surface area contributed by atoms with Gasteiger partial charge >= 0.3 is 0 Å². The van der Waals surface area contributed by atoms with E-state index in [1.807, 2.05) is 26.0 Å². The molecule has 0 aromatic heterocycles. The highest BCUT2D eigenvalue weighted by Gasteiger charge is 2.38. The third kappa shape index (κ3) is 2.43. The van der Waals surface area contributed by atoms with E-state index in [9.17, 15) is 9.59 Å². The predicted octanol–water partition coefficient (Wildman–Crippen LogP) is 1.82. The van der Waals surface area contributed by atoms with Gasteiger partial charge in [-0.05, 0) is 23.1 Å². The average Bonchev–Trinajstić information content (AvgIpc) is 2.26. The molecule has 0 atom stereocenters. The summed E-state index contributed by atoms with van der Waals surface area (Å²) >= 11 is 0. The van der Waals surface area contributed by atoms with Crippen molar-refractivity contribution in [2.45, 2.75) is 33.2 Å². The Balaban J connectivity index is 2.32. The van der Waals surface area contributed by atoms with Gasteiger partial charge in [0.15, 0.2) is 0 Å². The molecule has 0 bridgehead atoms. The lowest BCUT2D eigenvalue weighted by molar-refractivity contribution is -0.132. The summed E-state index contributed by atoms with van der Waals surface area (Å²) in [7, 11) is 0. The fourth-order valence-electron chi connectivity index (χ4n) is 2.29. The third-order valence-electron chi connectivity index (χ3n) is 3.16. The summed E-state index contributed by atoms with van der Waals surface area (Å²) < 4.78 is 0. The van der Waals surface area contributed by atoms with E-state index in [0.29, 0.717) is 25.1 Å². The SMILES string of the molecule is CC1(C)CC(=O)N(c2cccc(CN)c2)C(=O)C1. The molecule has 0 aliphatic carbocycles. The number of nitrogens with zero attached hydrogens (tertiary/aromatic N) is 1. The van der Waals surface area contributed by atoms with Gasteiger partial charge in [0.25, 0.3) is 0 Å². The van der Waals surface area contributed by atoms with Crippen molar-refractivity contribution in [2.24, 2.45) is 11.1 Å². The van der Waals surface area contributed by atoms with Crippen LogP contribution < -0.4 is 10.6 Å². The number of anilines is 1. The fraction of sp³-hybridized carbons (Fsp3) is 0.429. The van der Waals surface area contributed by atoms with Gasteiger partial charge in [0.2, 0.25) is 11.8 Å². The van der Waals surface area contributed by atoms with E-state index in [2.05, 4.69) is 0 Å². The highest BCUT2D eigenvalue weighted by molar-refractivity contribution is 6.16. The first kappa shape index (κ1) is 12.8. The number of amides is 2. The van der Waals surface area contributed by atoms with Crippen LogP contribution in [0.25, 0.3) is 0 Å². The first-order chi connectivity index (χ1) is 8.43. The van der Waals surface area contributed by atoms with Crippen LogP contribution in [0.4, 0.5) is 5.69 Å². The number of imide groups is 1. The summed E-state index contributed by atoms with van der Waals surface area (Å²) in [5.74, 6) is -0.268. The standard InChI is InChI=1S/C14H18N2O2/c1-14(2)7-12(17)16(13(18)8-14)11-5-3-4-10(6-11)9-15/h3-6H,7-9,15H2,1-2H3. The minimum Gasteiger partial charge on any atom is -0.326 e. The Morgan fingerprint density at radius 3 is 2.39 bits per heavy atom. The van der Waals surface area contributed by atoms with Crippen molar-refractivity contribution in [3.63, 3.8) is 0 Å². The van der Waals surface area contributed by atoms with E-state index >= 15 is 0 Å². The van der Waals surface area contributed by atoms with Crippen molar-refractivity contribution in [2.75, 3.05) is 4.90 Å². The monoisotopic (exact) mass is 246 g/mol. The van der Waals surface area contributed by atoms with Crippen molar-refractivity contribution >= 4 is 17.5 Å². The van der Waals surface area contributed by atoms with Gasteiger partial charge < -0.3 is 5.73 Å². The Kier molecular flexibility index (Phi) is 3.22. The Hall–Kier alpha value is -1.68. The quantitative estimate of drug-likeness (QED) is 0.810. The molecule has 2 amide bonds. The zero-order chi connectivity index (χ0) is 13.3. The highest BCUT2D eigenvalue weighted by atomic mass is 16.2. The molecule has 1 saturated heterocycles. The molecule has 2 rings (SSSR count). The summed E-state index contributed by atoms with van der Waals surface area (Å²) in [5, 5.41) is 0. The topological polar surface area (TPSA) is 63.4 Å². The molecule has 1 heterocycles. The lowest BCUT2D eigenvalue weighted by Crippen LogP contribution is -2.46. The van der Waals surface area contributed by atoms with Crippen LogP contribution in [0.15, 0.2) is 24.3 Å². The second-order valence-electron chi connectivity index (χ2n) is 5.51. The van der Waals surface area contributed by atoms with Gasteiger partial charge in [0.1, 0.15) is 0 Å². The number of piperidine rings is 1. The molecule has 4 nitrogen and oxygen atoms in total. The van der Waals surface area contributed by atoms with Crippen molar-refractivity contribution in [3.05, 3.63) is 29.8 Å². The number of hydrogen-bond acceptors (Lipinski definition) is 3. The first-order valence-electron chi connectivity index (χ1n) is 6.08. The van der Waals surface area contributed by atoms with Crippen LogP contribution in [0.3, 0.4) is 0 Å². The molecule has 4 heteroatoms. The Morgan fingerprint density at radius 2 is 1.83 bits per heavy atom. The van der Waals surface area contributed by atoms with Crippen molar-refractivity contribution < 1.29 is 9.59 Å². The third-order valence-corrected chi connectivity index (χ3v) is 3.16. The molecule has 0 spiro atoms. The van der Waals surface area contributed by atoms with Gasteiger partial charge in [0.05, 0.1) is 5.69 Å². The maximum Gasteiger partial charge on any atom is 0.234 e. The van der Waals surface area contributed by atoms with E-state index in [1.54, 1.807) is 12.1 Å². The van der Waals surface area contributed by atoms with E-state index in [0.717, 1.165) is 5.56 Å². The second-order valence-corrected chi connectivity index (χ2v) is 5.51. The smallest absolute Gasteiger partial charge is 0.234 e. The minimum atomic E-state index is -0.240. The molecule has 0 saturated carbocycles. The summed E-state index contributed by atoms with van der Waals surface area (Å²) in [4.78, 5) is 25.5. The van der Waals surface area contributed by atoms with Crippen LogP contribution in [0, 0.1) is 5.41 Å². The largest absolute Gasteiger partial charge is 0.326 e. The molecule has 1 fully saturated rings. The van der Waals surface area contributed by atoms with Crippen LogP contribution in [0.2, 0.25) is 0 Å². The van der Waals surface area contributed by atoms with Gasteiger partial charge in [-0.1, -0.05) is 26.0 Å². The maximum absolute atomic E-state index is 12.1. The zero-order valence-electron chi connectivity index (χ0n) is 10.8. The molecule has 1 aromatic rings. The predicted molar refractivity (Wildman–Crippen MR) is 69.8 cm³/mol. The lowest BCUT2D eigenvalue weighted by Gasteiger charge is -2.34. The molecule has 2 N–H and O–H groups in total. The van der Waals surface area contributed by atoms with E-state index < -0.39 is 0 Å². The Morgan fingerprint density at radius 1 is 1.22 bits per heavy atom. The van der Waals surface area contributed by atoms with E-state index in [4.69, 9.17) is 5.73 Å². The highest BCUT2D eigenvalue weighted by Crippen LogP contribution is 2.34. The molecule has 1 aromatic carbocycles. The molecular weight excluding hydrogens is 228 g/mol. The van der Waals surface area contributed by atoms with E-state index in [1.165, 1.54) is 4.90 Å². The summed E-state index contributed by atoms with van der Waals surface area (Å²) in [6.45, 7) is 4.28. The van der Waals surface area contributed by atoms with E-state index in [-0.39, 0.29) is 17.2 Å². The number of benzene rings is 1. The molecule has 18 heavy (non-hydrogen) atoms. The van der Waals surface area contributed by atoms with Crippen molar-refractivity contribution in [3.8, 4) is 0 Å². The summed E-state index contributed by atoms with van der Waals surface area (Å²) in [6.07, 6.45) is 0.789. The number of rotatable bonds is 2. The molecule has 96 valence electrons. The maximum atomic E-state index is 12.1. The van der Waals surface area contributed by atoms with Crippen molar-refractivity contribution in [1.29, 1.82) is 0 Å². The van der Waals surface area contributed by atoms with Crippen LogP contribution in [0.5, 0.6) is 0 Å². The Bertz CT molecular complexity index is 474. The average molecular weight is 246 g/mol. The number of carbonyl (C=O) groups excluding carboxylic acids is 2. The number of carbonyl (C=O) groups is 2. The van der Waals surface area contributed by atoms with Gasteiger partial charge in [-0.2, -0.15) is 0 Å². The van der Waals surface area contributed by atoms with Gasteiger partial charge in [0, 0.05) is 19.4 Å². The molecular formula is C14H18N2O2. The van der Waals surface area contributed by atoms with Gasteiger partial charge in [-0.25, -0.2) is 0 Å². The molecule has 0 radical (unpaired) electrons. The first-order valence-corrected chi connectivity index (χ1v) is 6.08. The lowest BCUT2D eigenvalue weighted by atomic mass is 9.81. The van der Waals surface area contributed by atoms with Crippen molar-refractivity contribution in [1.82, 2.24) is 0 Å². The normalized spacial score (nSPS) is 19.2. The number of hydrogen-bond donors (Lipinski definition) is 1. The van der Waals surface area contributed by atoms with Crippen LogP contribution in [-0.2, 0) is 16.1 Å². The summed E-state index contributed by atoms with van der Waals surface area (Å²) in [5.41, 5.74) is 6.88.